The van der Waals surface area contributed by atoms with E-state index in [0.717, 1.165) is 31.5 Å². The molecule has 170 valence electrons. The van der Waals surface area contributed by atoms with Gasteiger partial charge in [0.2, 0.25) is 0 Å². The van der Waals surface area contributed by atoms with E-state index >= 15 is 0 Å². The summed E-state index contributed by atoms with van der Waals surface area (Å²) in [6.45, 7) is 1.99. The maximum atomic E-state index is 12.9. The number of pyridine rings is 1. The predicted octanol–water partition coefficient (Wildman–Crippen LogP) is 2.54. The third-order valence-corrected chi connectivity index (χ3v) is 5.92. The number of amides is 2. The number of carbonyl (C=O) groups is 2. The predicted molar refractivity (Wildman–Crippen MR) is 127 cm³/mol. The van der Waals surface area contributed by atoms with E-state index in [2.05, 4.69) is 32.2 Å². The Bertz CT molecular complexity index is 1130. The first-order valence-electron chi connectivity index (χ1n) is 10.8. The summed E-state index contributed by atoms with van der Waals surface area (Å²) in [7, 11) is 3.97. The average molecular weight is 446 g/mol. The number of piperidine rings is 1. The number of likely N-dealkylation sites (tertiary alicyclic amines) is 1. The Kier molecular flexibility index (Phi) is 6.60. The molecule has 3 N–H and O–H groups in total. The van der Waals surface area contributed by atoms with Crippen LogP contribution >= 0.6 is 0 Å². The van der Waals surface area contributed by atoms with Crippen molar-refractivity contribution in [1.29, 1.82) is 0 Å². The van der Waals surface area contributed by atoms with Gasteiger partial charge < -0.3 is 20.9 Å². The third kappa shape index (κ3) is 5.15. The summed E-state index contributed by atoms with van der Waals surface area (Å²) in [6, 6.07) is 10.8. The van der Waals surface area contributed by atoms with Crippen molar-refractivity contribution in [2.75, 3.05) is 38.2 Å². The first kappa shape index (κ1) is 22.3. The molecule has 1 saturated heterocycles. The number of nitrogens with zero attached hydrogens (tertiary/aromatic N) is 5. The van der Waals surface area contributed by atoms with Gasteiger partial charge in [0.05, 0.1) is 23.8 Å². The van der Waals surface area contributed by atoms with Crippen LogP contribution in [0.25, 0.3) is 11.3 Å². The highest BCUT2D eigenvalue weighted by atomic mass is 16.2. The number of aromatic nitrogens is 3. The van der Waals surface area contributed by atoms with Crippen LogP contribution in [0.5, 0.6) is 0 Å². The van der Waals surface area contributed by atoms with Gasteiger partial charge in [0.25, 0.3) is 11.8 Å². The second kappa shape index (κ2) is 9.74. The van der Waals surface area contributed by atoms with Crippen LogP contribution in [0, 0.1) is 0 Å². The van der Waals surface area contributed by atoms with Gasteiger partial charge in [0.15, 0.2) is 11.5 Å². The normalized spacial score (nSPS) is 14.6. The van der Waals surface area contributed by atoms with E-state index in [4.69, 9.17) is 5.73 Å². The fraction of sp³-hybridized carbons (Fsp3) is 0.292. The first-order chi connectivity index (χ1) is 15.9. The lowest BCUT2D eigenvalue weighted by Crippen LogP contribution is -2.44. The average Bonchev–Trinajstić information content (AvgIpc) is 2.84. The van der Waals surface area contributed by atoms with Gasteiger partial charge in [-0.3, -0.25) is 14.6 Å². The fourth-order valence-electron chi connectivity index (χ4n) is 3.87. The molecule has 1 fully saturated rings. The number of nitrogen functional groups attached to an aromatic ring is 1. The van der Waals surface area contributed by atoms with Crippen molar-refractivity contribution < 1.29 is 9.59 Å². The van der Waals surface area contributed by atoms with E-state index in [0.29, 0.717) is 16.9 Å². The summed E-state index contributed by atoms with van der Waals surface area (Å²) >= 11 is 0. The van der Waals surface area contributed by atoms with Gasteiger partial charge in [-0.05, 0) is 57.2 Å². The van der Waals surface area contributed by atoms with Crippen LogP contribution < -0.4 is 11.1 Å². The van der Waals surface area contributed by atoms with Crippen molar-refractivity contribution in [3.8, 4) is 11.3 Å². The molecule has 9 nitrogen and oxygen atoms in total. The summed E-state index contributed by atoms with van der Waals surface area (Å²) in [5.41, 5.74) is 8.29. The minimum atomic E-state index is -0.471. The van der Waals surface area contributed by atoms with Gasteiger partial charge in [0.1, 0.15) is 0 Å². The molecule has 0 atom stereocenters. The van der Waals surface area contributed by atoms with Crippen LogP contribution in [0.4, 0.5) is 11.5 Å². The summed E-state index contributed by atoms with van der Waals surface area (Å²) in [5.74, 6) is -0.441. The van der Waals surface area contributed by atoms with Crippen molar-refractivity contribution in [3.05, 3.63) is 66.2 Å². The Hall–Kier alpha value is -3.85. The number of nitrogens with one attached hydrogen (secondary N) is 1. The maximum Gasteiger partial charge on any atom is 0.278 e. The quantitative estimate of drug-likeness (QED) is 0.620. The van der Waals surface area contributed by atoms with E-state index in [9.17, 15) is 9.59 Å². The number of carbonyl (C=O) groups excluding carboxylic acids is 2. The summed E-state index contributed by atoms with van der Waals surface area (Å²) in [6.07, 6.45) is 6.61. The zero-order valence-corrected chi connectivity index (χ0v) is 18.7. The molecule has 0 unspecified atom stereocenters. The Labute approximate surface area is 192 Å². The van der Waals surface area contributed by atoms with E-state index in [1.807, 2.05) is 11.9 Å². The van der Waals surface area contributed by atoms with Crippen LogP contribution in [0.15, 0.2) is 55.0 Å². The van der Waals surface area contributed by atoms with Gasteiger partial charge in [-0.25, -0.2) is 9.97 Å². The number of benzene rings is 1. The lowest BCUT2D eigenvalue weighted by atomic mass is 10.0. The molecule has 0 aliphatic carbocycles. The van der Waals surface area contributed by atoms with E-state index in [-0.39, 0.29) is 23.5 Å². The van der Waals surface area contributed by atoms with Crippen molar-refractivity contribution in [2.24, 2.45) is 0 Å². The Balaban J connectivity index is 1.49. The van der Waals surface area contributed by atoms with Gasteiger partial charge in [-0.2, -0.15) is 0 Å². The van der Waals surface area contributed by atoms with Crippen LogP contribution in [0.2, 0.25) is 0 Å². The molecule has 3 aromatic rings. The molecule has 1 aliphatic rings. The topological polar surface area (TPSA) is 117 Å². The molecule has 2 aromatic heterocycles. The number of hydrogen-bond acceptors (Lipinski definition) is 7. The van der Waals surface area contributed by atoms with E-state index < -0.39 is 5.91 Å². The smallest absolute Gasteiger partial charge is 0.278 e. The molecule has 0 radical (unpaired) electrons. The Morgan fingerprint density at radius 1 is 1.12 bits per heavy atom. The molecular formula is C24H27N7O2. The molecule has 0 spiro atoms. The van der Waals surface area contributed by atoms with Crippen molar-refractivity contribution in [2.45, 2.75) is 18.9 Å². The summed E-state index contributed by atoms with van der Waals surface area (Å²) in [4.78, 5) is 42.2. The SMILES string of the molecule is CN1CCC(N(C)C(=O)c2ccc(-c3cnc(N)c(C(=O)Nc4cccnc4)n3)cc2)CC1. The Morgan fingerprint density at radius 2 is 1.85 bits per heavy atom. The standard InChI is InChI=1S/C24H27N7O2/c1-30-12-9-19(10-13-30)31(2)24(33)17-7-5-16(6-8-17)20-15-27-22(25)21(29-20)23(32)28-18-4-3-11-26-14-18/h3-8,11,14-15,19H,9-10,12-13H2,1-2H3,(H2,25,27)(H,28,32). The van der Waals surface area contributed by atoms with Gasteiger partial charge in [-0.1, -0.05) is 12.1 Å². The largest absolute Gasteiger partial charge is 0.382 e. The molecule has 3 heterocycles. The molecule has 9 heteroatoms. The van der Waals surface area contributed by atoms with Gasteiger partial charge in [0, 0.05) is 30.4 Å². The van der Waals surface area contributed by atoms with Crippen LogP contribution in [-0.2, 0) is 0 Å². The zero-order valence-electron chi connectivity index (χ0n) is 18.7. The second-order valence-electron chi connectivity index (χ2n) is 8.21. The summed E-state index contributed by atoms with van der Waals surface area (Å²) in [5, 5.41) is 2.71. The number of rotatable bonds is 5. The number of anilines is 2. The second-order valence-corrected chi connectivity index (χ2v) is 8.21. The van der Waals surface area contributed by atoms with Crippen LogP contribution in [0.1, 0.15) is 33.7 Å². The molecule has 4 rings (SSSR count). The Morgan fingerprint density at radius 3 is 2.52 bits per heavy atom. The molecular weight excluding hydrogens is 418 g/mol. The fourth-order valence-corrected chi connectivity index (χ4v) is 3.87. The number of hydrogen-bond donors (Lipinski definition) is 2. The lowest BCUT2D eigenvalue weighted by Gasteiger charge is -2.35. The summed E-state index contributed by atoms with van der Waals surface area (Å²) < 4.78 is 0. The van der Waals surface area contributed by atoms with E-state index in [1.165, 1.54) is 12.4 Å². The molecule has 0 bridgehead atoms. The van der Waals surface area contributed by atoms with Crippen LogP contribution in [-0.4, -0.2) is 69.8 Å². The van der Waals surface area contributed by atoms with Crippen molar-refractivity contribution in [1.82, 2.24) is 24.8 Å². The highest BCUT2D eigenvalue weighted by Gasteiger charge is 2.24. The molecule has 0 saturated carbocycles. The van der Waals surface area contributed by atoms with Gasteiger partial charge >= 0.3 is 0 Å². The minimum Gasteiger partial charge on any atom is -0.382 e. The van der Waals surface area contributed by atoms with Crippen molar-refractivity contribution >= 4 is 23.3 Å². The highest BCUT2D eigenvalue weighted by Crippen LogP contribution is 2.22. The van der Waals surface area contributed by atoms with Crippen molar-refractivity contribution in [3.63, 3.8) is 0 Å². The first-order valence-corrected chi connectivity index (χ1v) is 10.8. The van der Waals surface area contributed by atoms with E-state index in [1.54, 1.807) is 42.6 Å². The lowest BCUT2D eigenvalue weighted by molar-refractivity contribution is 0.0659. The van der Waals surface area contributed by atoms with Gasteiger partial charge in [-0.15, -0.1) is 0 Å². The molecule has 33 heavy (non-hydrogen) atoms. The van der Waals surface area contributed by atoms with Crippen LogP contribution in [0.3, 0.4) is 0 Å². The molecule has 2 amide bonds. The monoisotopic (exact) mass is 445 g/mol. The molecule has 1 aliphatic heterocycles. The minimum absolute atomic E-state index is 0.00368. The number of nitrogens with two attached hydrogens (primary N) is 1. The highest BCUT2D eigenvalue weighted by molar-refractivity contribution is 6.05. The molecule has 1 aromatic carbocycles. The third-order valence-electron chi connectivity index (χ3n) is 5.92. The maximum absolute atomic E-state index is 12.9. The zero-order chi connectivity index (χ0) is 23.4.